The van der Waals surface area contributed by atoms with E-state index in [1.807, 2.05) is 52.0 Å². The fourth-order valence-corrected chi connectivity index (χ4v) is 1.77. The Hall–Kier alpha value is -1.18. The molecule has 0 fully saturated rings. The van der Waals surface area contributed by atoms with Gasteiger partial charge in [-0.05, 0) is 24.3 Å². The van der Waals surface area contributed by atoms with Crippen molar-refractivity contribution in [3.63, 3.8) is 0 Å². The Morgan fingerprint density at radius 3 is 2.00 bits per heavy atom. The minimum atomic E-state index is -3.17. The van der Waals surface area contributed by atoms with Crippen LogP contribution in [-0.4, -0.2) is 25.1 Å². The van der Waals surface area contributed by atoms with E-state index in [2.05, 4.69) is 21.1 Å². The summed E-state index contributed by atoms with van der Waals surface area (Å²) in [4.78, 5) is 11.2. The molecule has 22 heavy (non-hydrogen) atoms. The first-order chi connectivity index (χ1) is 10.2. The highest BCUT2D eigenvalue weighted by molar-refractivity contribution is 9.10. The SMILES string of the molecule is CC.CC.CC(=O)n1ccc2cc(Br)ccc21.CS(N)(=O)=O. The number of nitrogens with two attached hydrogens (primary N) is 1. The van der Waals surface area contributed by atoms with Gasteiger partial charge in [-0.15, -0.1) is 0 Å². The Labute approximate surface area is 141 Å². The molecule has 0 aliphatic carbocycles. The molecule has 5 nitrogen and oxygen atoms in total. The summed E-state index contributed by atoms with van der Waals surface area (Å²) in [5, 5.41) is 5.40. The first-order valence-corrected chi connectivity index (χ1v) is 9.68. The average Bonchev–Trinajstić information content (AvgIpc) is 2.84. The van der Waals surface area contributed by atoms with Crippen LogP contribution in [0, 0.1) is 0 Å². The standard InChI is InChI=1S/C10H8BrNO.2C2H6.CH5NO2S/c1-7(13)12-5-4-8-6-9(11)2-3-10(8)12;2*1-2;1-5(2,3)4/h2-6H,1H3;2*1-2H3;1H3,(H2,2,3,4). The number of benzene rings is 1. The lowest BCUT2D eigenvalue weighted by Gasteiger charge is -1.98. The summed E-state index contributed by atoms with van der Waals surface area (Å²) in [5.74, 6) is 0.0392. The van der Waals surface area contributed by atoms with Crippen molar-refractivity contribution >= 4 is 42.8 Å². The highest BCUT2D eigenvalue weighted by Crippen LogP contribution is 2.20. The van der Waals surface area contributed by atoms with Crippen LogP contribution in [0.3, 0.4) is 0 Å². The number of rotatable bonds is 0. The van der Waals surface area contributed by atoms with Crippen LogP contribution >= 0.6 is 15.9 Å². The molecule has 2 N–H and O–H groups in total. The maximum Gasteiger partial charge on any atom is 0.227 e. The second-order valence-corrected chi connectivity index (χ2v) is 6.31. The topological polar surface area (TPSA) is 82.2 Å². The maximum absolute atomic E-state index is 11.2. The van der Waals surface area contributed by atoms with E-state index in [1.165, 1.54) is 0 Å². The van der Waals surface area contributed by atoms with Gasteiger partial charge in [0.1, 0.15) is 0 Å². The monoisotopic (exact) mass is 392 g/mol. The van der Waals surface area contributed by atoms with Crippen LogP contribution in [0.2, 0.25) is 0 Å². The highest BCUT2D eigenvalue weighted by Gasteiger charge is 2.03. The molecule has 0 spiro atoms. The fraction of sp³-hybridized carbons (Fsp3) is 0.400. The molecule has 7 heteroatoms. The van der Waals surface area contributed by atoms with E-state index in [0.29, 0.717) is 0 Å². The average molecular weight is 393 g/mol. The van der Waals surface area contributed by atoms with Gasteiger partial charge in [0.25, 0.3) is 0 Å². The number of primary sulfonamides is 1. The first-order valence-electron chi connectivity index (χ1n) is 6.94. The van der Waals surface area contributed by atoms with Gasteiger partial charge in [0.15, 0.2) is 0 Å². The van der Waals surface area contributed by atoms with Crippen molar-refractivity contribution in [1.29, 1.82) is 0 Å². The molecule has 0 bridgehead atoms. The zero-order valence-electron chi connectivity index (χ0n) is 13.9. The van der Waals surface area contributed by atoms with Crippen LogP contribution in [-0.2, 0) is 10.0 Å². The smallest absolute Gasteiger partial charge is 0.227 e. The van der Waals surface area contributed by atoms with Crippen molar-refractivity contribution in [2.75, 3.05) is 6.26 Å². The quantitative estimate of drug-likeness (QED) is 0.734. The van der Waals surface area contributed by atoms with Crippen molar-refractivity contribution in [2.45, 2.75) is 34.6 Å². The molecule has 1 aromatic carbocycles. The third-order valence-corrected chi connectivity index (χ3v) is 2.48. The summed E-state index contributed by atoms with van der Waals surface area (Å²) in [6.07, 6.45) is 2.73. The summed E-state index contributed by atoms with van der Waals surface area (Å²) in [6.45, 7) is 9.56. The minimum Gasteiger partial charge on any atom is -0.287 e. The van der Waals surface area contributed by atoms with Crippen molar-refractivity contribution < 1.29 is 13.2 Å². The molecular formula is C15H25BrN2O3S. The van der Waals surface area contributed by atoms with Crippen molar-refractivity contribution in [2.24, 2.45) is 5.14 Å². The van der Waals surface area contributed by atoms with E-state index < -0.39 is 10.0 Å². The zero-order valence-corrected chi connectivity index (χ0v) is 16.3. The fourth-order valence-electron chi connectivity index (χ4n) is 1.39. The molecule has 2 aromatic rings. The van der Waals surface area contributed by atoms with Crippen molar-refractivity contribution in [3.8, 4) is 0 Å². The van der Waals surface area contributed by atoms with Gasteiger partial charge in [-0.25, -0.2) is 13.6 Å². The number of aromatic nitrogens is 1. The van der Waals surface area contributed by atoms with Gasteiger partial charge in [0.2, 0.25) is 15.9 Å². The van der Waals surface area contributed by atoms with Gasteiger partial charge in [-0.1, -0.05) is 43.6 Å². The molecule has 0 saturated carbocycles. The lowest BCUT2D eigenvalue weighted by atomic mass is 10.2. The van der Waals surface area contributed by atoms with Crippen LogP contribution in [0.15, 0.2) is 34.9 Å². The van der Waals surface area contributed by atoms with Crippen molar-refractivity contribution in [1.82, 2.24) is 4.57 Å². The predicted molar refractivity (Wildman–Crippen MR) is 97.7 cm³/mol. The molecule has 0 unspecified atom stereocenters. The predicted octanol–water partition coefficient (Wildman–Crippen LogP) is 4.02. The first kappa shape index (κ1) is 23.1. The number of halogens is 1. The van der Waals surface area contributed by atoms with Gasteiger partial charge in [0, 0.05) is 23.0 Å². The number of hydrogen-bond acceptors (Lipinski definition) is 3. The summed E-state index contributed by atoms with van der Waals surface area (Å²) in [5.41, 5.74) is 0.954. The molecule has 1 aromatic heterocycles. The molecule has 0 aliphatic rings. The molecule has 0 atom stereocenters. The Morgan fingerprint density at radius 1 is 1.14 bits per heavy atom. The number of sulfonamides is 1. The molecule has 0 aliphatic heterocycles. The van der Waals surface area contributed by atoms with E-state index in [1.54, 1.807) is 17.7 Å². The number of hydrogen-bond donors (Lipinski definition) is 1. The maximum atomic E-state index is 11.2. The Bertz CT molecular complexity index is 671. The Balaban J connectivity index is 0. The van der Waals surface area contributed by atoms with E-state index in [4.69, 9.17) is 0 Å². The summed E-state index contributed by atoms with van der Waals surface area (Å²) in [6, 6.07) is 7.79. The van der Waals surface area contributed by atoms with E-state index in [0.717, 1.165) is 21.6 Å². The van der Waals surface area contributed by atoms with Crippen LogP contribution < -0.4 is 5.14 Å². The van der Waals surface area contributed by atoms with E-state index in [9.17, 15) is 13.2 Å². The van der Waals surface area contributed by atoms with E-state index >= 15 is 0 Å². The second kappa shape index (κ2) is 11.4. The highest BCUT2D eigenvalue weighted by atomic mass is 79.9. The van der Waals surface area contributed by atoms with Gasteiger partial charge in [0.05, 0.1) is 11.8 Å². The largest absolute Gasteiger partial charge is 0.287 e. The van der Waals surface area contributed by atoms with Crippen LogP contribution in [0.4, 0.5) is 0 Å². The van der Waals surface area contributed by atoms with Gasteiger partial charge < -0.3 is 0 Å². The molecule has 2 rings (SSSR count). The third kappa shape index (κ3) is 9.70. The lowest BCUT2D eigenvalue weighted by Crippen LogP contribution is -2.07. The Kier molecular flexibility index (Phi) is 12.0. The van der Waals surface area contributed by atoms with Gasteiger partial charge in [-0.2, -0.15) is 0 Å². The Morgan fingerprint density at radius 2 is 1.59 bits per heavy atom. The van der Waals surface area contributed by atoms with Crippen LogP contribution in [0.5, 0.6) is 0 Å². The molecule has 0 saturated heterocycles. The van der Waals surface area contributed by atoms with Crippen molar-refractivity contribution in [3.05, 3.63) is 34.9 Å². The van der Waals surface area contributed by atoms with Gasteiger partial charge >= 0.3 is 0 Å². The molecular weight excluding hydrogens is 368 g/mol. The van der Waals surface area contributed by atoms with Gasteiger partial charge in [-0.3, -0.25) is 9.36 Å². The summed E-state index contributed by atoms with van der Waals surface area (Å²) in [7, 11) is -3.17. The molecule has 0 amide bonds. The minimum absolute atomic E-state index is 0.0392. The molecule has 0 radical (unpaired) electrons. The zero-order chi connectivity index (χ0) is 17.9. The lowest BCUT2D eigenvalue weighted by molar-refractivity contribution is 0.0941. The van der Waals surface area contributed by atoms with Crippen LogP contribution in [0.1, 0.15) is 39.4 Å². The molecule has 126 valence electrons. The van der Waals surface area contributed by atoms with E-state index in [-0.39, 0.29) is 5.91 Å². The summed E-state index contributed by atoms with van der Waals surface area (Å²) >= 11 is 3.38. The number of nitrogens with zero attached hydrogens (tertiary/aromatic N) is 1. The number of carbonyl (C=O) groups is 1. The number of fused-ring (bicyclic) bond motifs is 1. The second-order valence-electron chi connectivity index (χ2n) is 3.74. The summed E-state index contributed by atoms with van der Waals surface area (Å²) < 4.78 is 21.5. The normalized spacial score (nSPS) is 9.45. The van der Waals surface area contributed by atoms with Crippen LogP contribution in [0.25, 0.3) is 10.9 Å². The third-order valence-electron chi connectivity index (χ3n) is 1.99. The number of carbonyl (C=O) groups excluding carboxylic acids is 1. The molecule has 1 heterocycles.